The van der Waals surface area contributed by atoms with Gasteiger partial charge in [-0.2, -0.15) is 0 Å². The predicted molar refractivity (Wildman–Crippen MR) is 57.1 cm³/mol. The summed E-state index contributed by atoms with van der Waals surface area (Å²) in [6.45, 7) is -0.169. The Morgan fingerprint density at radius 2 is 2.13 bits per heavy atom. The lowest BCUT2D eigenvalue weighted by Gasteiger charge is -2.11. The van der Waals surface area contributed by atoms with Gasteiger partial charge in [0.2, 0.25) is 0 Å². The van der Waals surface area contributed by atoms with Crippen LogP contribution in [0.3, 0.4) is 0 Å². The number of aliphatic carboxylic acids is 1. The average Bonchev–Trinajstić information content (AvgIpc) is 2.25. The van der Waals surface area contributed by atoms with Gasteiger partial charge in [-0.15, -0.1) is 0 Å². The van der Waals surface area contributed by atoms with Gasteiger partial charge in [-0.1, -0.05) is 24.3 Å². The Balaban J connectivity index is 3.01. The maximum Gasteiger partial charge on any atom is 0.328 e. The number of carboxylic acid groups (broad SMARTS) is 1. The topological polar surface area (TPSA) is 83.5 Å². The molecule has 15 heavy (non-hydrogen) atoms. The molecule has 0 aromatic heterocycles. The Morgan fingerprint density at radius 1 is 1.47 bits per heavy atom. The standard InChI is InChI=1S/C11H13NO3/c12-10(7-13)9-4-2-1-3-8(9)5-6-11(14)15/h1-6,10,13H,7,12H2,(H,14,15)/b6-5+/t10-/m1/s1. The van der Waals surface area contributed by atoms with Crippen LogP contribution in [0.4, 0.5) is 0 Å². The SMILES string of the molecule is N[C@H](CO)c1ccccc1/C=C/C(=O)O. The van der Waals surface area contributed by atoms with E-state index in [2.05, 4.69) is 0 Å². The molecule has 4 N–H and O–H groups in total. The van der Waals surface area contributed by atoms with Crippen LogP contribution >= 0.6 is 0 Å². The molecule has 0 bridgehead atoms. The highest BCUT2D eigenvalue weighted by atomic mass is 16.4. The molecule has 0 saturated heterocycles. The van der Waals surface area contributed by atoms with Crippen LogP contribution in [-0.4, -0.2) is 22.8 Å². The van der Waals surface area contributed by atoms with Gasteiger partial charge in [0.05, 0.1) is 12.6 Å². The monoisotopic (exact) mass is 207 g/mol. The van der Waals surface area contributed by atoms with Crippen LogP contribution in [-0.2, 0) is 4.79 Å². The molecule has 1 aromatic carbocycles. The molecule has 0 aliphatic heterocycles. The summed E-state index contributed by atoms with van der Waals surface area (Å²) in [5, 5.41) is 17.4. The van der Waals surface area contributed by atoms with Crippen LogP contribution in [0.5, 0.6) is 0 Å². The fourth-order valence-electron chi connectivity index (χ4n) is 1.26. The Bertz CT molecular complexity index is 374. The van der Waals surface area contributed by atoms with Crippen LogP contribution in [0.25, 0.3) is 6.08 Å². The molecule has 0 radical (unpaired) electrons. The van der Waals surface area contributed by atoms with E-state index in [-0.39, 0.29) is 6.61 Å². The summed E-state index contributed by atoms with van der Waals surface area (Å²) >= 11 is 0. The summed E-state index contributed by atoms with van der Waals surface area (Å²) in [6, 6.07) is 6.62. The molecule has 0 saturated carbocycles. The van der Waals surface area contributed by atoms with E-state index in [4.69, 9.17) is 15.9 Å². The highest BCUT2D eigenvalue weighted by Gasteiger charge is 2.07. The molecule has 0 unspecified atom stereocenters. The lowest BCUT2D eigenvalue weighted by molar-refractivity contribution is -0.131. The summed E-state index contributed by atoms with van der Waals surface area (Å²) in [7, 11) is 0. The van der Waals surface area contributed by atoms with Crippen molar-refractivity contribution < 1.29 is 15.0 Å². The van der Waals surface area contributed by atoms with E-state index in [0.29, 0.717) is 5.56 Å². The molecule has 1 aromatic rings. The third kappa shape index (κ3) is 3.19. The predicted octanol–water partition coefficient (Wildman–Crippen LogP) is 0.776. The van der Waals surface area contributed by atoms with Crippen molar-refractivity contribution in [2.45, 2.75) is 6.04 Å². The highest BCUT2D eigenvalue weighted by molar-refractivity contribution is 5.85. The first kappa shape index (κ1) is 11.4. The Labute approximate surface area is 87.7 Å². The van der Waals surface area contributed by atoms with Gasteiger partial charge >= 0.3 is 5.97 Å². The molecule has 0 spiro atoms. The quantitative estimate of drug-likeness (QED) is 0.637. The minimum absolute atomic E-state index is 0.169. The molecule has 4 nitrogen and oxygen atoms in total. The lowest BCUT2D eigenvalue weighted by Crippen LogP contribution is -2.15. The average molecular weight is 207 g/mol. The van der Waals surface area contributed by atoms with Gasteiger partial charge in [-0.25, -0.2) is 4.79 Å². The van der Waals surface area contributed by atoms with Gasteiger partial charge in [-0.05, 0) is 17.2 Å². The van der Waals surface area contributed by atoms with Crippen LogP contribution < -0.4 is 5.73 Å². The normalized spacial score (nSPS) is 12.9. The minimum Gasteiger partial charge on any atom is -0.478 e. The molecule has 0 aliphatic carbocycles. The number of aliphatic hydroxyl groups excluding tert-OH is 1. The van der Waals surface area contributed by atoms with Gasteiger partial charge in [0.1, 0.15) is 0 Å². The maximum atomic E-state index is 10.4. The van der Waals surface area contributed by atoms with Gasteiger partial charge < -0.3 is 15.9 Å². The Kier molecular flexibility index (Phi) is 4.03. The first-order valence-corrected chi connectivity index (χ1v) is 4.51. The fourth-order valence-corrected chi connectivity index (χ4v) is 1.26. The molecule has 1 rings (SSSR count). The summed E-state index contributed by atoms with van der Waals surface area (Å²) in [4.78, 5) is 10.4. The number of nitrogens with two attached hydrogens (primary N) is 1. The van der Waals surface area contributed by atoms with Gasteiger partial charge in [-0.3, -0.25) is 0 Å². The molecule has 0 heterocycles. The number of carboxylic acids is 1. The highest BCUT2D eigenvalue weighted by Crippen LogP contribution is 2.16. The smallest absolute Gasteiger partial charge is 0.328 e. The van der Waals surface area contributed by atoms with E-state index in [0.717, 1.165) is 11.6 Å². The lowest BCUT2D eigenvalue weighted by atomic mass is 10.0. The first-order chi connectivity index (χ1) is 7.15. The molecule has 80 valence electrons. The van der Waals surface area contributed by atoms with Crippen molar-refractivity contribution in [3.05, 3.63) is 41.5 Å². The second-order valence-corrected chi connectivity index (χ2v) is 3.09. The zero-order valence-electron chi connectivity index (χ0n) is 8.13. The summed E-state index contributed by atoms with van der Waals surface area (Å²) < 4.78 is 0. The van der Waals surface area contributed by atoms with Crippen molar-refractivity contribution in [3.63, 3.8) is 0 Å². The first-order valence-electron chi connectivity index (χ1n) is 4.51. The third-order valence-corrected chi connectivity index (χ3v) is 2.00. The van der Waals surface area contributed by atoms with Crippen LogP contribution in [0.2, 0.25) is 0 Å². The van der Waals surface area contributed by atoms with Crippen molar-refractivity contribution in [2.24, 2.45) is 5.73 Å². The zero-order valence-corrected chi connectivity index (χ0v) is 8.13. The molecule has 4 heteroatoms. The zero-order chi connectivity index (χ0) is 11.3. The number of hydrogen-bond donors (Lipinski definition) is 3. The van der Waals surface area contributed by atoms with Gasteiger partial charge in [0, 0.05) is 6.08 Å². The maximum absolute atomic E-state index is 10.4. The number of hydrogen-bond acceptors (Lipinski definition) is 3. The van der Waals surface area contributed by atoms with E-state index in [1.54, 1.807) is 24.3 Å². The van der Waals surface area contributed by atoms with E-state index in [1.807, 2.05) is 0 Å². The van der Waals surface area contributed by atoms with E-state index in [1.165, 1.54) is 6.08 Å². The minimum atomic E-state index is -1.01. The Hall–Kier alpha value is -1.65. The molecule has 1 atom stereocenters. The van der Waals surface area contributed by atoms with E-state index in [9.17, 15) is 4.79 Å². The van der Waals surface area contributed by atoms with Gasteiger partial charge in [0.25, 0.3) is 0 Å². The molecular formula is C11H13NO3. The van der Waals surface area contributed by atoms with Crippen LogP contribution in [0, 0.1) is 0 Å². The van der Waals surface area contributed by atoms with Crippen molar-refractivity contribution in [2.75, 3.05) is 6.61 Å². The Morgan fingerprint density at radius 3 is 2.73 bits per heavy atom. The van der Waals surface area contributed by atoms with Crippen molar-refractivity contribution >= 4 is 12.0 Å². The van der Waals surface area contributed by atoms with Crippen molar-refractivity contribution in [1.29, 1.82) is 0 Å². The summed E-state index contributed by atoms with van der Waals surface area (Å²) in [6.07, 6.45) is 2.51. The summed E-state index contributed by atoms with van der Waals surface area (Å²) in [5.41, 5.74) is 7.11. The number of benzene rings is 1. The van der Waals surface area contributed by atoms with E-state index < -0.39 is 12.0 Å². The molecular weight excluding hydrogens is 194 g/mol. The molecule has 0 fully saturated rings. The van der Waals surface area contributed by atoms with Crippen LogP contribution in [0.15, 0.2) is 30.3 Å². The largest absolute Gasteiger partial charge is 0.478 e. The van der Waals surface area contributed by atoms with Gasteiger partial charge in [0.15, 0.2) is 0 Å². The number of rotatable bonds is 4. The van der Waals surface area contributed by atoms with E-state index >= 15 is 0 Å². The second kappa shape index (κ2) is 5.29. The third-order valence-electron chi connectivity index (χ3n) is 2.00. The summed E-state index contributed by atoms with van der Waals surface area (Å²) in [5.74, 6) is -1.01. The number of aliphatic hydroxyl groups is 1. The fraction of sp³-hybridized carbons (Fsp3) is 0.182. The second-order valence-electron chi connectivity index (χ2n) is 3.09. The molecule has 0 aliphatic rings. The van der Waals surface area contributed by atoms with Crippen molar-refractivity contribution in [1.82, 2.24) is 0 Å². The van der Waals surface area contributed by atoms with Crippen molar-refractivity contribution in [3.8, 4) is 0 Å². The number of carbonyl (C=O) groups is 1. The van der Waals surface area contributed by atoms with Crippen LogP contribution in [0.1, 0.15) is 17.2 Å². The molecule has 0 amide bonds.